The lowest BCUT2D eigenvalue weighted by atomic mass is 10.1. The predicted octanol–water partition coefficient (Wildman–Crippen LogP) is 3.36. The largest absolute Gasteiger partial charge is 0.465 e. The van der Waals surface area contributed by atoms with Crippen molar-refractivity contribution in [1.82, 2.24) is 24.2 Å². The zero-order valence-electron chi connectivity index (χ0n) is 23.1. The third-order valence-corrected chi connectivity index (χ3v) is 6.81. The standard InChI is InChI=1S/C31H30N6O4/c1-35(2)29(39)17-20-10-11-26-27(16-20)36(31(32)33-26)18-21-6-4-8-23(14-21)25-12-13-28(38)37(34-25)19-22-7-5-9-24(15-22)30(40)41-3/h4-16H,17-19H2,1-3H3,(H2,32,33). The second-order valence-corrected chi connectivity index (χ2v) is 9.95. The maximum absolute atomic E-state index is 12.6. The summed E-state index contributed by atoms with van der Waals surface area (Å²) in [6, 6.07) is 23.7. The first-order valence-corrected chi connectivity index (χ1v) is 13.0. The number of fused-ring (bicyclic) bond motifs is 1. The molecule has 10 nitrogen and oxygen atoms in total. The minimum absolute atomic E-state index is 0.0149. The third kappa shape index (κ3) is 6.01. The van der Waals surface area contributed by atoms with Crippen molar-refractivity contribution in [3.63, 3.8) is 0 Å². The summed E-state index contributed by atoms with van der Waals surface area (Å²) in [5.74, 6) is -0.0502. The first-order valence-electron chi connectivity index (χ1n) is 13.0. The molecule has 0 aliphatic carbocycles. The van der Waals surface area contributed by atoms with Gasteiger partial charge in [-0.25, -0.2) is 14.5 Å². The van der Waals surface area contributed by atoms with Crippen molar-refractivity contribution in [2.24, 2.45) is 0 Å². The molecule has 10 heteroatoms. The molecule has 208 valence electrons. The summed E-state index contributed by atoms with van der Waals surface area (Å²) >= 11 is 0. The fourth-order valence-corrected chi connectivity index (χ4v) is 4.61. The van der Waals surface area contributed by atoms with Crippen LogP contribution in [-0.2, 0) is 29.0 Å². The van der Waals surface area contributed by atoms with Crippen molar-refractivity contribution in [2.45, 2.75) is 19.5 Å². The third-order valence-electron chi connectivity index (χ3n) is 6.81. The lowest BCUT2D eigenvalue weighted by Crippen LogP contribution is -2.23. The number of nitrogens with two attached hydrogens (primary N) is 1. The van der Waals surface area contributed by atoms with E-state index in [1.54, 1.807) is 43.3 Å². The number of hydrogen-bond acceptors (Lipinski definition) is 7. The number of nitrogen functional groups attached to an aromatic ring is 1. The number of amides is 1. The number of hydrogen-bond donors (Lipinski definition) is 1. The molecule has 1 amide bonds. The van der Waals surface area contributed by atoms with E-state index in [0.29, 0.717) is 23.8 Å². The Kier molecular flexibility index (Phi) is 7.64. The van der Waals surface area contributed by atoms with Crippen molar-refractivity contribution < 1.29 is 14.3 Å². The average molecular weight is 551 g/mol. The van der Waals surface area contributed by atoms with Gasteiger partial charge in [0.1, 0.15) is 0 Å². The van der Waals surface area contributed by atoms with Gasteiger partial charge in [-0.2, -0.15) is 5.10 Å². The Morgan fingerprint density at radius 1 is 0.902 bits per heavy atom. The molecule has 2 heterocycles. The normalized spacial score (nSPS) is 11.0. The van der Waals surface area contributed by atoms with Crippen molar-refractivity contribution in [2.75, 3.05) is 26.9 Å². The van der Waals surface area contributed by atoms with E-state index in [1.807, 2.05) is 53.1 Å². The fraction of sp³-hybridized carbons (Fsp3) is 0.194. The van der Waals surface area contributed by atoms with Gasteiger partial charge in [0.2, 0.25) is 11.9 Å². The molecule has 0 aliphatic heterocycles. The highest BCUT2D eigenvalue weighted by molar-refractivity contribution is 5.89. The number of aromatic nitrogens is 4. The molecule has 0 saturated heterocycles. The Balaban J connectivity index is 1.42. The number of carbonyl (C=O) groups excluding carboxylic acids is 2. The van der Waals surface area contributed by atoms with Gasteiger partial charge in [0.25, 0.3) is 5.56 Å². The summed E-state index contributed by atoms with van der Waals surface area (Å²) in [6.07, 6.45) is 0.290. The summed E-state index contributed by atoms with van der Waals surface area (Å²) in [7, 11) is 4.80. The summed E-state index contributed by atoms with van der Waals surface area (Å²) in [4.78, 5) is 42.8. The number of rotatable bonds is 8. The molecule has 0 spiro atoms. The second-order valence-electron chi connectivity index (χ2n) is 9.95. The number of anilines is 1. The van der Waals surface area contributed by atoms with Gasteiger partial charge in [0.15, 0.2) is 0 Å². The monoisotopic (exact) mass is 550 g/mol. The highest BCUT2D eigenvalue weighted by Gasteiger charge is 2.13. The Hall–Kier alpha value is -5.25. The minimum atomic E-state index is -0.442. The van der Waals surface area contributed by atoms with Crippen molar-refractivity contribution in [1.29, 1.82) is 0 Å². The molecule has 0 saturated carbocycles. The number of imidazole rings is 1. The van der Waals surface area contributed by atoms with E-state index in [4.69, 9.17) is 10.5 Å². The van der Waals surface area contributed by atoms with Gasteiger partial charge in [-0.05, 0) is 53.1 Å². The van der Waals surface area contributed by atoms with E-state index in [-0.39, 0.29) is 24.4 Å². The van der Waals surface area contributed by atoms with E-state index in [9.17, 15) is 14.4 Å². The van der Waals surface area contributed by atoms with Crippen LogP contribution in [0.4, 0.5) is 5.95 Å². The van der Waals surface area contributed by atoms with Gasteiger partial charge in [0, 0.05) is 25.7 Å². The molecular weight excluding hydrogens is 520 g/mol. The first kappa shape index (κ1) is 27.3. The van der Waals surface area contributed by atoms with Crippen LogP contribution in [0.2, 0.25) is 0 Å². The van der Waals surface area contributed by atoms with Gasteiger partial charge in [-0.1, -0.05) is 36.4 Å². The Morgan fingerprint density at radius 2 is 1.66 bits per heavy atom. The van der Waals surface area contributed by atoms with Crippen molar-refractivity contribution >= 4 is 28.9 Å². The van der Waals surface area contributed by atoms with Gasteiger partial charge >= 0.3 is 5.97 Å². The summed E-state index contributed by atoms with van der Waals surface area (Å²) < 4.78 is 8.09. The molecule has 41 heavy (non-hydrogen) atoms. The zero-order chi connectivity index (χ0) is 29.1. The number of nitrogens with zero attached hydrogens (tertiary/aromatic N) is 5. The van der Waals surface area contributed by atoms with E-state index in [0.717, 1.165) is 33.3 Å². The minimum Gasteiger partial charge on any atom is -0.465 e. The summed E-state index contributed by atoms with van der Waals surface area (Å²) in [6.45, 7) is 0.661. The molecule has 0 bridgehead atoms. The number of benzene rings is 3. The smallest absolute Gasteiger partial charge is 0.337 e. The van der Waals surface area contributed by atoms with Crippen LogP contribution in [0.3, 0.4) is 0 Å². The molecule has 2 N–H and O–H groups in total. The van der Waals surface area contributed by atoms with Crippen LogP contribution in [0.1, 0.15) is 27.0 Å². The van der Waals surface area contributed by atoms with Gasteiger partial charge in [-0.15, -0.1) is 0 Å². The SMILES string of the molecule is COC(=O)c1cccc(Cn2nc(-c3cccc(Cn4c(N)nc5ccc(CC(=O)N(C)C)cc54)c3)ccc2=O)c1. The molecule has 2 aromatic heterocycles. The average Bonchev–Trinajstić information content (AvgIpc) is 3.27. The number of esters is 1. The van der Waals surface area contributed by atoms with Gasteiger partial charge in [0.05, 0.1) is 48.9 Å². The van der Waals surface area contributed by atoms with Crippen LogP contribution >= 0.6 is 0 Å². The Labute approximate surface area is 236 Å². The molecule has 5 aromatic rings. The van der Waals surface area contributed by atoms with Gasteiger partial charge in [-0.3, -0.25) is 9.59 Å². The fourth-order valence-electron chi connectivity index (χ4n) is 4.61. The lowest BCUT2D eigenvalue weighted by molar-refractivity contribution is -0.127. The van der Waals surface area contributed by atoms with E-state index < -0.39 is 5.97 Å². The maximum Gasteiger partial charge on any atom is 0.337 e. The maximum atomic E-state index is 12.6. The first-order chi connectivity index (χ1) is 19.7. The molecule has 0 radical (unpaired) electrons. The van der Waals surface area contributed by atoms with E-state index in [1.165, 1.54) is 17.9 Å². The zero-order valence-corrected chi connectivity index (χ0v) is 23.1. The lowest BCUT2D eigenvalue weighted by Gasteiger charge is -2.12. The second kappa shape index (κ2) is 11.5. The molecule has 0 aliphatic rings. The molecule has 0 unspecified atom stereocenters. The number of ether oxygens (including phenoxy) is 1. The predicted molar refractivity (Wildman–Crippen MR) is 156 cm³/mol. The van der Waals surface area contributed by atoms with Crippen LogP contribution in [0, 0.1) is 0 Å². The van der Waals surface area contributed by atoms with Crippen LogP contribution in [-0.4, -0.2) is 57.3 Å². The molecule has 0 atom stereocenters. The summed E-state index contributed by atoms with van der Waals surface area (Å²) in [5.41, 5.74) is 12.1. The number of carbonyl (C=O) groups is 2. The highest BCUT2D eigenvalue weighted by Crippen LogP contribution is 2.24. The summed E-state index contributed by atoms with van der Waals surface area (Å²) in [5, 5.41) is 4.60. The Morgan fingerprint density at radius 3 is 2.41 bits per heavy atom. The number of methoxy groups -OCH3 is 1. The van der Waals surface area contributed by atoms with Crippen LogP contribution < -0.4 is 11.3 Å². The topological polar surface area (TPSA) is 125 Å². The van der Waals surface area contributed by atoms with E-state index >= 15 is 0 Å². The van der Waals surface area contributed by atoms with Crippen LogP contribution in [0.25, 0.3) is 22.3 Å². The van der Waals surface area contributed by atoms with E-state index in [2.05, 4.69) is 10.1 Å². The molecule has 0 fully saturated rings. The van der Waals surface area contributed by atoms with Crippen molar-refractivity contribution in [3.8, 4) is 11.3 Å². The Bertz CT molecular complexity index is 1820. The quantitative estimate of drug-likeness (QED) is 0.294. The van der Waals surface area contributed by atoms with Crippen LogP contribution in [0.15, 0.2) is 83.7 Å². The molecule has 5 rings (SSSR count). The van der Waals surface area contributed by atoms with Crippen molar-refractivity contribution in [3.05, 3.63) is 111 Å². The van der Waals surface area contributed by atoms with Gasteiger partial charge < -0.3 is 19.9 Å². The molecule has 3 aromatic carbocycles. The highest BCUT2D eigenvalue weighted by atomic mass is 16.5. The molecular formula is C31H30N6O4. The number of likely N-dealkylation sites (N-methyl/N-ethyl adjacent to an activating group) is 1. The van der Waals surface area contributed by atoms with Crippen LogP contribution in [0.5, 0.6) is 0 Å².